The van der Waals surface area contributed by atoms with Gasteiger partial charge in [-0.25, -0.2) is 9.97 Å². The average molecular weight is 434 g/mol. The standard InChI is InChI=1S/C21H28ClN5OS/c1-14-10-21(19-15(3-8-28-21)9-18(22)29-19)11-17(25-14)16-12-23-20(24-13-16)27-6-4-26(2)5-7-27/h9,12-14,17,25H,3-8,10-11H2,1-2H3/t14-,17-,21-/m0/s1. The van der Waals surface area contributed by atoms with E-state index in [1.165, 1.54) is 10.4 Å². The first-order valence-corrected chi connectivity index (χ1v) is 11.7. The number of nitrogens with zero attached hydrogens (tertiary/aromatic N) is 4. The highest BCUT2D eigenvalue weighted by Gasteiger charge is 2.46. The predicted octanol–water partition coefficient (Wildman–Crippen LogP) is 3.22. The summed E-state index contributed by atoms with van der Waals surface area (Å²) in [5.74, 6) is 0.835. The molecule has 3 aliphatic heterocycles. The zero-order valence-electron chi connectivity index (χ0n) is 17.0. The summed E-state index contributed by atoms with van der Waals surface area (Å²) in [7, 11) is 2.16. The fourth-order valence-corrected chi connectivity index (χ4v) is 6.42. The monoisotopic (exact) mass is 433 g/mol. The van der Waals surface area contributed by atoms with E-state index in [0.29, 0.717) is 6.04 Å². The van der Waals surface area contributed by atoms with Crippen LogP contribution in [0.2, 0.25) is 4.34 Å². The minimum absolute atomic E-state index is 0.173. The molecule has 8 heteroatoms. The number of fused-ring (bicyclic) bond motifs is 2. The molecule has 2 aromatic heterocycles. The van der Waals surface area contributed by atoms with Crippen molar-refractivity contribution in [1.29, 1.82) is 0 Å². The molecular weight excluding hydrogens is 406 g/mol. The maximum Gasteiger partial charge on any atom is 0.225 e. The van der Waals surface area contributed by atoms with Crippen LogP contribution in [0.15, 0.2) is 18.5 Å². The largest absolute Gasteiger partial charge is 0.369 e. The molecule has 3 atom stereocenters. The molecule has 2 aromatic rings. The van der Waals surface area contributed by atoms with E-state index in [-0.39, 0.29) is 11.6 Å². The second-order valence-corrected chi connectivity index (χ2v) is 10.3. The number of piperidine rings is 1. The highest BCUT2D eigenvalue weighted by atomic mass is 35.5. The Morgan fingerprint density at radius 2 is 1.97 bits per heavy atom. The van der Waals surface area contributed by atoms with Crippen LogP contribution >= 0.6 is 22.9 Å². The van der Waals surface area contributed by atoms with Gasteiger partial charge in [0.1, 0.15) is 5.60 Å². The molecule has 29 heavy (non-hydrogen) atoms. The molecule has 156 valence electrons. The van der Waals surface area contributed by atoms with Crippen molar-refractivity contribution in [3.05, 3.63) is 38.8 Å². The number of ether oxygens (including phenoxy) is 1. The van der Waals surface area contributed by atoms with Crippen LogP contribution in [0.5, 0.6) is 0 Å². The van der Waals surface area contributed by atoms with Crippen LogP contribution in [-0.2, 0) is 16.8 Å². The number of halogens is 1. The lowest BCUT2D eigenvalue weighted by Gasteiger charge is -2.46. The Morgan fingerprint density at radius 3 is 2.72 bits per heavy atom. The van der Waals surface area contributed by atoms with Crippen molar-refractivity contribution in [2.24, 2.45) is 0 Å². The van der Waals surface area contributed by atoms with Crippen molar-refractivity contribution in [3.8, 4) is 0 Å². The van der Waals surface area contributed by atoms with Gasteiger partial charge in [0.05, 0.1) is 10.9 Å². The highest BCUT2D eigenvalue weighted by molar-refractivity contribution is 7.16. The first-order valence-electron chi connectivity index (χ1n) is 10.5. The zero-order chi connectivity index (χ0) is 20.0. The van der Waals surface area contributed by atoms with E-state index >= 15 is 0 Å². The summed E-state index contributed by atoms with van der Waals surface area (Å²) in [6.45, 7) is 7.07. The average Bonchev–Trinajstić information content (AvgIpc) is 3.10. The highest BCUT2D eigenvalue weighted by Crippen LogP contribution is 2.49. The molecule has 1 N–H and O–H groups in total. The first kappa shape index (κ1) is 19.7. The summed E-state index contributed by atoms with van der Waals surface area (Å²) in [5, 5.41) is 3.74. The second-order valence-electron chi connectivity index (χ2n) is 8.63. The Balaban J connectivity index is 1.38. The number of likely N-dealkylation sites (N-methyl/N-ethyl adjacent to an activating group) is 1. The molecule has 0 saturated carbocycles. The predicted molar refractivity (Wildman–Crippen MR) is 117 cm³/mol. The molecule has 0 amide bonds. The number of thiophene rings is 1. The van der Waals surface area contributed by atoms with Gasteiger partial charge in [0, 0.05) is 67.5 Å². The number of aromatic nitrogens is 2. The van der Waals surface area contributed by atoms with Gasteiger partial charge in [0.25, 0.3) is 0 Å². The summed E-state index contributed by atoms with van der Waals surface area (Å²) in [4.78, 5) is 15.3. The van der Waals surface area contributed by atoms with E-state index in [4.69, 9.17) is 26.3 Å². The van der Waals surface area contributed by atoms with Crippen LogP contribution in [0, 0.1) is 0 Å². The van der Waals surface area contributed by atoms with Gasteiger partial charge >= 0.3 is 0 Å². The molecule has 0 radical (unpaired) electrons. The lowest BCUT2D eigenvalue weighted by Crippen LogP contribution is -2.49. The molecule has 3 aliphatic rings. The Bertz CT molecular complexity index is 866. The molecule has 5 rings (SSSR count). The fraction of sp³-hybridized carbons (Fsp3) is 0.619. The van der Waals surface area contributed by atoms with E-state index in [1.807, 2.05) is 12.4 Å². The van der Waals surface area contributed by atoms with E-state index < -0.39 is 0 Å². The number of rotatable bonds is 2. The molecule has 0 aromatic carbocycles. The van der Waals surface area contributed by atoms with Crippen molar-refractivity contribution in [3.63, 3.8) is 0 Å². The summed E-state index contributed by atoms with van der Waals surface area (Å²) < 4.78 is 7.32. The molecular formula is C21H28ClN5OS. The molecule has 0 aliphatic carbocycles. The maximum atomic E-state index is 6.46. The minimum atomic E-state index is -0.253. The normalized spacial score (nSPS) is 30.5. The van der Waals surface area contributed by atoms with Gasteiger partial charge in [-0.2, -0.15) is 0 Å². The van der Waals surface area contributed by atoms with Crippen molar-refractivity contribution in [1.82, 2.24) is 20.2 Å². The van der Waals surface area contributed by atoms with Gasteiger partial charge in [-0.1, -0.05) is 11.6 Å². The topological polar surface area (TPSA) is 53.5 Å². The van der Waals surface area contributed by atoms with Crippen molar-refractivity contribution >= 4 is 28.9 Å². The third-order valence-electron chi connectivity index (χ3n) is 6.44. The molecule has 2 fully saturated rings. The number of piperazine rings is 1. The fourth-order valence-electron chi connectivity index (χ4n) is 4.96. The van der Waals surface area contributed by atoms with E-state index in [2.05, 4.69) is 35.2 Å². The number of anilines is 1. The Morgan fingerprint density at radius 1 is 1.21 bits per heavy atom. The third-order valence-corrected chi connectivity index (χ3v) is 7.94. The number of hydrogen-bond donors (Lipinski definition) is 1. The van der Waals surface area contributed by atoms with Gasteiger partial charge in [0.15, 0.2) is 0 Å². The van der Waals surface area contributed by atoms with Gasteiger partial charge in [-0.15, -0.1) is 11.3 Å². The van der Waals surface area contributed by atoms with Crippen LogP contribution in [0.1, 0.15) is 41.8 Å². The Hall–Kier alpha value is -1.25. The Labute approximate surface area is 181 Å². The van der Waals surface area contributed by atoms with E-state index in [9.17, 15) is 0 Å². The van der Waals surface area contributed by atoms with Crippen LogP contribution in [0.3, 0.4) is 0 Å². The molecule has 2 saturated heterocycles. The minimum Gasteiger partial charge on any atom is -0.369 e. The smallest absolute Gasteiger partial charge is 0.225 e. The lowest BCUT2D eigenvalue weighted by atomic mass is 9.78. The van der Waals surface area contributed by atoms with Crippen LogP contribution in [0.4, 0.5) is 5.95 Å². The lowest BCUT2D eigenvalue weighted by molar-refractivity contribution is -0.0954. The van der Waals surface area contributed by atoms with Gasteiger partial charge < -0.3 is 19.9 Å². The SMILES string of the molecule is C[C@H]1C[C@@]2(C[C@@H](c3cnc(N4CCN(C)CC4)nc3)N1)OCCc1cc(Cl)sc12. The first-order chi connectivity index (χ1) is 14.0. The summed E-state index contributed by atoms with van der Waals surface area (Å²) in [6, 6.07) is 2.64. The molecule has 0 unspecified atom stereocenters. The van der Waals surface area contributed by atoms with Gasteiger partial charge in [-0.05, 0) is 38.4 Å². The van der Waals surface area contributed by atoms with Crippen LogP contribution < -0.4 is 10.2 Å². The van der Waals surface area contributed by atoms with Crippen molar-refractivity contribution in [2.45, 2.75) is 43.9 Å². The molecule has 6 nitrogen and oxygen atoms in total. The summed E-state index contributed by atoms with van der Waals surface area (Å²) in [6.07, 6.45) is 6.80. The second kappa shape index (κ2) is 7.78. The number of hydrogen-bond acceptors (Lipinski definition) is 7. The Kier molecular flexibility index (Phi) is 5.28. The molecule has 5 heterocycles. The van der Waals surface area contributed by atoms with Gasteiger partial charge in [0.2, 0.25) is 5.95 Å². The molecule has 1 spiro atoms. The maximum absolute atomic E-state index is 6.46. The van der Waals surface area contributed by atoms with Gasteiger partial charge in [-0.3, -0.25) is 0 Å². The number of nitrogens with one attached hydrogen (secondary N) is 1. The summed E-state index contributed by atoms with van der Waals surface area (Å²) >= 11 is 8.05. The van der Waals surface area contributed by atoms with E-state index in [1.54, 1.807) is 11.3 Å². The zero-order valence-corrected chi connectivity index (χ0v) is 18.6. The molecule has 0 bridgehead atoms. The van der Waals surface area contributed by atoms with Crippen LogP contribution in [0.25, 0.3) is 0 Å². The summed E-state index contributed by atoms with van der Waals surface area (Å²) in [5.41, 5.74) is 2.24. The van der Waals surface area contributed by atoms with Crippen molar-refractivity contribution in [2.75, 3.05) is 44.7 Å². The van der Waals surface area contributed by atoms with E-state index in [0.717, 1.165) is 67.9 Å². The van der Waals surface area contributed by atoms with Crippen LogP contribution in [-0.4, -0.2) is 60.7 Å². The van der Waals surface area contributed by atoms with Crippen molar-refractivity contribution < 1.29 is 4.74 Å². The third kappa shape index (κ3) is 3.79. The quantitative estimate of drug-likeness (QED) is 0.784.